The van der Waals surface area contributed by atoms with E-state index >= 15 is 0 Å². The second kappa shape index (κ2) is 8.46. The van der Waals surface area contributed by atoms with Gasteiger partial charge in [-0.25, -0.2) is 4.98 Å². The molecule has 2 aromatic heterocycles. The minimum absolute atomic E-state index is 0.0362. The molecule has 136 valence electrons. The van der Waals surface area contributed by atoms with Crippen molar-refractivity contribution in [3.63, 3.8) is 0 Å². The van der Waals surface area contributed by atoms with Crippen LogP contribution < -0.4 is 5.32 Å². The molecule has 0 saturated heterocycles. The first-order valence-electron chi connectivity index (χ1n) is 8.33. The fourth-order valence-corrected chi connectivity index (χ4v) is 4.08. The van der Waals surface area contributed by atoms with E-state index in [2.05, 4.69) is 20.5 Å². The summed E-state index contributed by atoms with van der Waals surface area (Å²) in [6, 6.07) is 9.83. The topological polar surface area (TPSA) is 80.9 Å². The Labute approximate surface area is 160 Å². The number of rotatable bonds is 7. The number of thiazole rings is 1. The monoisotopic (exact) mass is 388 g/mol. The van der Waals surface area contributed by atoms with E-state index in [-0.39, 0.29) is 11.2 Å². The molecule has 3 rings (SSSR count). The quantitative estimate of drug-likeness (QED) is 0.616. The molecule has 1 amide bonds. The highest BCUT2D eigenvalue weighted by molar-refractivity contribution is 8.00. The number of aryl methyl sites for hydroxylation is 2. The Kier molecular flexibility index (Phi) is 6.05. The Bertz CT molecular complexity index is 876. The van der Waals surface area contributed by atoms with Crippen molar-refractivity contribution in [1.82, 2.24) is 20.5 Å². The second-order valence-electron chi connectivity index (χ2n) is 5.74. The van der Waals surface area contributed by atoms with Gasteiger partial charge in [0, 0.05) is 6.54 Å². The predicted molar refractivity (Wildman–Crippen MR) is 103 cm³/mol. The van der Waals surface area contributed by atoms with Crippen molar-refractivity contribution in [1.29, 1.82) is 0 Å². The number of nitrogens with one attached hydrogen (secondary N) is 1. The first-order chi connectivity index (χ1) is 12.6. The average Bonchev–Trinajstić information content (AvgIpc) is 3.24. The van der Waals surface area contributed by atoms with Gasteiger partial charge in [-0.1, -0.05) is 49.0 Å². The van der Waals surface area contributed by atoms with Gasteiger partial charge in [0.05, 0.1) is 16.0 Å². The molecule has 8 heteroatoms. The van der Waals surface area contributed by atoms with Gasteiger partial charge >= 0.3 is 0 Å². The van der Waals surface area contributed by atoms with Crippen LogP contribution in [-0.4, -0.2) is 26.3 Å². The second-order valence-corrected chi connectivity index (χ2v) is 8.10. The Hall–Kier alpha value is -2.19. The third-order valence-electron chi connectivity index (χ3n) is 3.72. The highest BCUT2D eigenvalue weighted by atomic mass is 32.2. The highest BCUT2D eigenvalue weighted by Crippen LogP contribution is 2.32. The number of carbonyl (C=O) groups is 1. The lowest BCUT2D eigenvalue weighted by molar-refractivity contribution is -0.120. The van der Waals surface area contributed by atoms with Crippen molar-refractivity contribution in [3.05, 3.63) is 46.6 Å². The van der Waals surface area contributed by atoms with E-state index in [0.29, 0.717) is 24.1 Å². The maximum Gasteiger partial charge on any atom is 0.277 e. The van der Waals surface area contributed by atoms with Gasteiger partial charge in [0.2, 0.25) is 5.91 Å². The molecule has 0 aliphatic rings. The van der Waals surface area contributed by atoms with E-state index in [0.717, 1.165) is 21.1 Å². The van der Waals surface area contributed by atoms with Gasteiger partial charge in [0.15, 0.2) is 0 Å². The Morgan fingerprint density at radius 2 is 2.04 bits per heavy atom. The van der Waals surface area contributed by atoms with Crippen molar-refractivity contribution < 1.29 is 9.21 Å². The van der Waals surface area contributed by atoms with Crippen molar-refractivity contribution >= 4 is 29.0 Å². The number of carbonyl (C=O) groups excluding carboxylic acids is 1. The van der Waals surface area contributed by atoms with Crippen LogP contribution in [0.5, 0.6) is 0 Å². The molecule has 1 aromatic carbocycles. The molecule has 0 bridgehead atoms. The summed E-state index contributed by atoms with van der Waals surface area (Å²) < 4.78 is 5.74. The lowest BCUT2D eigenvalue weighted by atomic mass is 10.2. The van der Waals surface area contributed by atoms with Crippen LogP contribution in [0.4, 0.5) is 0 Å². The van der Waals surface area contributed by atoms with Gasteiger partial charge < -0.3 is 9.73 Å². The van der Waals surface area contributed by atoms with Crippen LogP contribution in [0.25, 0.3) is 10.8 Å². The number of nitrogens with zero attached hydrogens (tertiary/aromatic N) is 3. The molecule has 0 radical (unpaired) electrons. The van der Waals surface area contributed by atoms with Crippen LogP contribution >= 0.6 is 23.1 Å². The summed E-state index contributed by atoms with van der Waals surface area (Å²) in [5.41, 5.74) is 1.94. The van der Waals surface area contributed by atoms with Gasteiger partial charge in [-0.3, -0.25) is 4.79 Å². The molecular formula is C18H20N4O2S2. The maximum atomic E-state index is 12.5. The number of hydrogen-bond acceptors (Lipinski definition) is 7. The zero-order chi connectivity index (χ0) is 18.5. The lowest BCUT2D eigenvalue weighted by Crippen LogP contribution is -2.31. The molecule has 1 N–H and O–H groups in total. The number of benzene rings is 1. The standard InChI is InChI=1S/C18H20N4O2S2/c1-4-14(16(23)19-10-13-8-6-5-7-9-13)26-18-22-21-17(24-18)15-11(2)20-12(3)25-15/h5-9,14H,4,10H2,1-3H3,(H,19,23). The molecule has 1 unspecified atom stereocenters. The van der Waals surface area contributed by atoms with Gasteiger partial charge in [0.1, 0.15) is 4.88 Å². The van der Waals surface area contributed by atoms with Crippen LogP contribution in [0.15, 0.2) is 40.0 Å². The first-order valence-corrected chi connectivity index (χ1v) is 10.0. The Morgan fingerprint density at radius 1 is 1.27 bits per heavy atom. The van der Waals surface area contributed by atoms with Gasteiger partial charge in [-0.2, -0.15) is 0 Å². The Morgan fingerprint density at radius 3 is 2.69 bits per heavy atom. The molecule has 0 spiro atoms. The van der Waals surface area contributed by atoms with Crippen molar-refractivity contribution in [2.45, 2.75) is 44.2 Å². The van der Waals surface area contributed by atoms with E-state index in [4.69, 9.17) is 4.42 Å². The maximum absolute atomic E-state index is 12.5. The highest BCUT2D eigenvalue weighted by Gasteiger charge is 2.22. The molecule has 0 saturated carbocycles. The van der Waals surface area contributed by atoms with E-state index in [9.17, 15) is 4.79 Å². The van der Waals surface area contributed by atoms with Gasteiger partial charge in [-0.15, -0.1) is 21.5 Å². The summed E-state index contributed by atoms with van der Waals surface area (Å²) in [7, 11) is 0. The van der Waals surface area contributed by atoms with E-state index in [1.807, 2.05) is 51.1 Å². The van der Waals surface area contributed by atoms with E-state index in [1.54, 1.807) is 0 Å². The number of aromatic nitrogens is 3. The molecule has 0 aliphatic heterocycles. The number of hydrogen-bond donors (Lipinski definition) is 1. The largest absolute Gasteiger partial charge is 0.410 e. The van der Waals surface area contributed by atoms with Crippen LogP contribution in [0.2, 0.25) is 0 Å². The van der Waals surface area contributed by atoms with Gasteiger partial charge in [0.25, 0.3) is 11.1 Å². The zero-order valence-corrected chi connectivity index (χ0v) is 16.5. The van der Waals surface area contributed by atoms with E-state index in [1.165, 1.54) is 23.1 Å². The molecule has 2 heterocycles. The van der Waals surface area contributed by atoms with Crippen molar-refractivity contribution in [2.24, 2.45) is 0 Å². The van der Waals surface area contributed by atoms with Crippen LogP contribution in [0, 0.1) is 13.8 Å². The minimum Gasteiger partial charge on any atom is -0.410 e. The molecular weight excluding hydrogens is 368 g/mol. The Balaban J connectivity index is 1.63. The van der Waals surface area contributed by atoms with Crippen molar-refractivity contribution in [2.75, 3.05) is 0 Å². The molecule has 1 atom stereocenters. The molecule has 0 aliphatic carbocycles. The van der Waals surface area contributed by atoms with Gasteiger partial charge in [-0.05, 0) is 25.8 Å². The summed E-state index contributed by atoms with van der Waals surface area (Å²) in [5, 5.41) is 12.2. The number of amides is 1. The lowest BCUT2D eigenvalue weighted by Gasteiger charge is -2.12. The molecule has 26 heavy (non-hydrogen) atoms. The van der Waals surface area contributed by atoms with Crippen LogP contribution in [0.1, 0.15) is 29.6 Å². The third-order valence-corrected chi connectivity index (χ3v) is 5.98. The third kappa shape index (κ3) is 4.50. The average molecular weight is 389 g/mol. The van der Waals surface area contributed by atoms with Crippen LogP contribution in [0.3, 0.4) is 0 Å². The smallest absolute Gasteiger partial charge is 0.277 e. The summed E-state index contributed by atoms with van der Waals surface area (Å²) in [5.74, 6) is 0.418. The molecule has 6 nitrogen and oxygen atoms in total. The fourth-order valence-electron chi connectivity index (χ4n) is 2.42. The minimum atomic E-state index is -0.281. The summed E-state index contributed by atoms with van der Waals surface area (Å²) in [6.45, 7) is 6.33. The van der Waals surface area contributed by atoms with Crippen LogP contribution in [-0.2, 0) is 11.3 Å². The summed E-state index contributed by atoms with van der Waals surface area (Å²) in [4.78, 5) is 17.7. The summed E-state index contributed by atoms with van der Waals surface area (Å²) >= 11 is 2.81. The predicted octanol–water partition coefficient (Wildman–Crippen LogP) is 4.00. The normalized spacial score (nSPS) is 12.1. The SMILES string of the molecule is CCC(Sc1nnc(-c2sc(C)nc2C)o1)C(=O)NCc1ccccc1. The fraction of sp³-hybridized carbons (Fsp3) is 0.333. The van der Waals surface area contributed by atoms with Crippen molar-refractivity contribution in [3.8, 4) is 10.8 Å². The van der Waals surface area contributed by atoms with E-state index < -0.39 is 0 Å². The summed E-state index contributed by atoms with van der Waals surface area (Å²) in [6.07, 6.45) is 0.668. The zero-order valence-electron chi connectivity index (χ0n) is 14.9. The first kappa shape index (κ1) is 18.6. The molecule has 0 fully saturated rings. The number of thioether (sulfide) groups is 1. The molecule has 3 aromatic rings.